The molecule has 0 aliphatic carbocycles. The average molecular weight is 318 g/mol. The smallest absolute Gasteiger partial charge is 0.292 e. The van der Waals surface area contributed by atoms with Gasteiger partial charge < -0.3 is 0 Å². The van der Waals surface area contributed by atoms with Gasteiger partial charge in [0, 0.05) is 17.6 Å². The first kappa shape index (κ1) is 15.4. The summed E-state index contributed by atoms with van der Waals surface area (Å²) in [6, 6.07) is 5.31. The minimum Gasteiger partial charge on any atom is -0.292 e. The molecule has 1 aromatic heterocycles. The van der Waals surface area contributed by atoms with E-state index in [9.17, 15) is 22.4 Å². The van der Waals surface area contributed by atoms with Crippen LogP contribution in [0.1, 0.15) is 21.6 Å². The predicted octanol–water partition coefficient (Wildman–Crippen LogP) is 4.32. The van der Waals surface area contributed by atoms with Crippen molar-refractivity contribution in [1.82, 2.24) is 4.98 Å². The minimum atomic E-state index is -4.51. The second kappa shape index (κ2) is 5.81. The third kappa shape index (κ3) is 3.78. The highest BCUT2D eigenvalue weighted by Gasteiger charge is 2.30. The third-order valence-electron chi connectivity index (χ3n) is 2.74. The first-order valence-corrected chi connectivity index (χ1v) is 6.15. The molecule has 1 heterocycles. The first-order chi connectivity index (χ1) is 9.77. The standard InChI is InChI=1S/C14H8ClF4NO/c15-11-3-2-10(16)5-8(11)6-13(21)12-4-1-9(7-20-12)14(17,18)19/h1-5,7H,6H2. The highest BCUT2D eigenvalue weighted by atomic mass is 35.5. The van der Waals surface area contributed by atoms with Crippen molar-refractivity contribution in [1.29, 1.82) is 0 Å². The molecular formula is C14H8ClF4NO. The fraction of sp³-hybridized carbons (Fsp3) is 0.143. The number of ketones is 1. The van der Waals surface area contributed by atoms with E-state index in [1.165, 1.54) is 6.07 Å². The number of halogens is 5. The van der Waals surface area contributed by atoms with Crippen LogP contribution in [0.4, 0.5) is 17.6 Å². The van der Waals surface area contributed by atoms with E-state index < -0.39 is 23.3 Å². The number of hydrogen-bond acceptors (Lipinski definition) is 2. The highest BCUT2D eigenvalue weighted by molar-refractivity contribution is 6.31. The van der Waals surface area contributed by atoms with Gasteiger partial charge in [0.1, 0.15) is 11.5 Å². The van der Waals surface area contributed by atoms with Gasteiger partial charge in [-0.2, -0.15) is 13.2 Å². The monoisotopic (exact) mass is 317 g/mol. The topological polar surface area (TPSA) is 30.0 Å². The normalized spacial score (nSPS) is 11.5. The van der Waals surface area contributed by atoms with E-state index in [1.54, 1.807) is 0 Å². The molecule has 2 nitrogen and oxygen atoms in total. The molecule has 0 aliphatic rings. The Kier molecular flexibility index (Phi) is 4.27. The van der Waals surface area contributed by atoms with E-state index in [4.69, 9.17) is 11.6 Å². The van der Waals surface area contributed by atoms with Gasteiger partial charge >= 0.3 is 6.18 Å². The van der Waals surface area contributed by atoms with E-state index >= 15 is 0 Å². The molecule has 0 unspecified atom stereocenters. The molecule has 0 N–H and O–H groups in total. The van der Waals surface area contributed by atoms with Crippen LogP contribution in [0.3, 0.4) is 0 Å². The van der Waals surface area contributed by atoms with Crippen molar-refractivity contribution in [3.05, 3.63) is 64.2 Å². The zero-order valence-electron chi connectivity index (χ0n) is 10.4. The van der Waals surface area contributed by atoms with Crippen LogP contribution in [-0.4, -0.2) is 10.8 Å². The molecule has 0 spiro atoms. The Morgan fingerprint density at radius 1 is 1.19 bits per heavy atom. The summed E-state index contributed by atoms with van der Waals surface area (Å²) in [6.45, 7) is 0. The maximum Gasteiger partial charge on any atom is 0.417 e. The summed E-state index contributed by atoms with van der Waals surface area (Å²) in [5, 5.41) is 0.205. The summed E-state index contributed by atoms with van der Waals surface area (Å²) >= 11 is 5.82. The summed E-state index contributed by atoms with van der Waals surface area (Å²) < 4.78 is 50.2. The number of alkyl halides is 3. The van der Waals surface area contributed by atoms with Gasteiger partial charge in [-0.05, 0) is 35.9 Å². The fourth-order valence-electron chi connectivity index (χ4n) is 1.67. The van der Waals surface area contributed by atoms with Gasteiger partial charge in [0.25, 0.3) is 0 Å². The molecule has 2 rings (SSSR count). The largest absolute Gasteiger partial charge is 0.417 e. The van der Waals surface area contributed by atoms with Crippen molar-refractivity contribution in [2.45, 2.75) is 12.6 Å². The Morgan fingerprint density at radius 2 is 1.90 bits per heavy atom. The second-order valence-electron chi connectivity index (χ2n) is 4.27. The molecule has 7 heteroatoms. The number of benzene rings is 1. The molecule has 0 bridgehead atoms. The molecule has 0 atom stereocenters. The van der Waals surface area contributed by atoms with Crippen LogP contribution >= 0.6 is 11.6 Å². The molecule has 0 saturated carbocycles. The predicted molar refractivity (Wildman–Crippen MR) is 68.7 cm³/mol. The lowest BCUT2D eigenvalue weighted by Crippen LogP contribution is -2.10. The Morgan fingerprint density at radius 3 is 2.48 bits per heavy atom. The molecule has 21 heavy (non-hydrogen) atoms. The van der Waals surface area contributed by atoms with E-state index in [0.29, 0.717) is 6.20 Å². The average Bonchev–Trinajstić information content (AvgIpc) is 2.42. The number of carbonyl (C=O) groups is 1. The number of carbonyl (C=O) groups excluding carboxylic acids is 1. The van der Waals surface area contributed by atoms with E-state index in [2.05, 4.69) is 4.98 Å². The van der Waals surface area contributed by atoms with E-state index in [1.807, 2.05) is 0 Å². The Balaban J connectivity index is 2.19. The van der Waals surface area contributed by atoms with Crippen LogP contribution in [-0.2, 0) is 12.6 Å². The van der Waals surface area contributed by atoms with E-state index in [-0.39, 0.29) is 22.7 Å². The molecule has 2 aromatic rings. The summed E-state index contributed by atoms with van der Waals surface area (Å²) in [5.74, 6) is -1.10. The summed E-state index contributed by atoms with van der Waals surface area (Å²) in [7, 11) is 0. The highest BCUT2D eigenvalue weighted by Crippen LogP contribution is 2.28. The molecule has 0 radical (unpaired) electrons. The zero-order chi connectivity index (χ0) is 15.6. The van der Waals surface area contributed by atoms with Gasteiger partial charge in [-0.1, -0.05) is 11.6 Å². The van der Waals surface area contributed by atoms with Gasteiger partial charge in [0.2, 0.25) is 0 Å². The maximum absolute atomic E-state index is 13.1. The van der Waals surface area contributed by atoms with Crippen molar-refractivity contribution in [2.75, 3.05) is 0 Å². The number of rotatable bonds is 3. The van der Waals surface area contributed by atoms with Crippen LogP contribution in [0.25, 0.3) is 0 Å². The Bertz CT molecular complexity index is 668. The lowest BCUT2D eigenvalue weighted by atomic mass is 10.1. The van der Waals surface area contributed by atoms with Crippen molar-refractivity contribution in [3.63, 3.8) is 0 Å². The minimum absolute atomic E-state index is 0.136. The Hall–Kier alpha value is -1.95. The molecular weight excluding hydrogens is 310 g/mol. The molecule has 110 valence electrons. The fourth-order valence-corrected chi connectivity index (χ4v) is 1.85. The maximum atomic E-state index is 13.1. The van der Waals surface area contributed by atoms with Crippen LogP contribution in [0.2, 0.25) is 5.02 Å². The van der Waals surface area contributed by atoms with Gasteiger partial charge in [0.15, 0.2) is 5.78 Å². The quantitative estimate of drug-likeness (QED) is 0.623. The number of aromatic nitrogens is 1. The summed E-state index contributed by atoms with van der Waals surface area (Å²) in [6.07, 6.45) is -4.17. The molecule has 0 amide bonds. The first-order valence-electron chi connectivity index (χ1n) is 5.78. The lowest BCUT2D eigenvalue weighted by molar-refractivity contribution is -0.137. The summed E-state index contributed by atoms with van der Waals surface area (Å²) in [5.41, 5.74) is -0.825. The second-order valence-corrected chi connectivity index (χ2v) is 4.67. The SMILES string of the molecule is O=C(Cc1cc(F)ccc1Cl)c1ccc(C(F)(F)F)cn1. The van der Waals surface area contributed by atoms with Gasteiger partial charge in [0.05, 0.1) is 5.56 Å². The summed E-state index contributed by atoms with van der Waals surface area (Å²) in [4.78, 5) is 15.4. The number of nitrogens with zero attached hydrogens (tertiary/aromatic N) is 1. The van der Waals surface area contributed by atoms with Crippen LogP contribution < -0.4 is 0 Å². The van der Waals surface area contributed by atoms with Crippen LogP contribution in [0.15, 0.2) is 36.5 Å². The number of hydrogen-bond donors (Lipinski definition) is 0. The zero-order valence-corrected chi connectivity index (χ0v) is 11.2. The van der Waals surface area contributed by atoms with E-state index in [0.717, 1.165) is 24.3 Å². The Labute approximate surface area is 122 Å². The number of pyridine rings is 1. The van der Waals surface area contributed by atoms with Crippen molar-refractivity contribution in [2.24, 2.45) is 0 Å². The molecule has 0 fully saturated rings. The van der Waals surface area contributed by atoms with Crippen molar-refractivity contribution >= 4 is 17.4 Å². The molecule has 0 saturated heterocycles. The number of Topliss-reactive ketones (excluding diaryl/α,β-unsaturated/α-hetero) is 1. The lowest BCUT2D eigenvalue weighted by Gasteiger charge is -2.07. The van der Waals surface area contributed by atoms with Crippen LogP contribution in [0.5, 0.6) is 0 Å². The molecule has 0 aliphatic heterocycles. The van der Waals surface area contributed by atoms with Crippen LogP contribution in [0, 0.1) is 5.82 Å². The van der Waals surface area contributed by atoms with Crippen molar-refractivity contribution in [3.8, 4) is 0 Å². The third-order valence-corrected chi connectivity index (χ3v) is 3.10. The van der Waals surface area contributed by atoms with Gasteiger partial charge in [-0.25, -0.2) is 4.39 Å². The van der Waals surface area contributed by atoms with Crippen molar-refractivity contribution < 1.29 is 22.4 Å². The van der Waals surface area contributed by atoms with Gasteiger partial charge in [-0.15, -0.1) is 0 Å². The van der Waals surface area contributed by atoms with Gasteiger partial charge in [-0.3, -0.25) is 9.78 Å². The molecule has 1 aromatic carbocycles.